The quantitative estimate of drug-likeness (QED) is 0.687. The maximum Gasteiger partial charge on any atom is 0.309 e. The van der Waals surface area contributed by atoms with Gasteiger partial charge in [-0.15, -0.1) is 0 Å². The third-order valence-corrected chi connectivity index (χ3v) is 2.57. The molecule has 0 fully saturated rings. The molecule has 13 heavy (non-hydrogen) atoms. The Morgan fingerprint density at radius 2 is 1.77 bits per heavy atom. The Hall–Kier alpha value is -1.06. The fourth-order valence-electron chi connectivity index (χ4n) is 0.912. The average molecular weight is 188 g/mol. The smallest absolute Gasteiger partial charge is 0.309 e. The Balaban J connectivity index is 4.17. The molecule has 4 heteroatoms. The van der Waals surface area contributed by atoms with Gasteiger partial charge in [-0.1, -0.05) is 6.92 Å². The molecule has 0 bridgehead atoms. The molecule has 0 aromatic heterocycles. The van der Waals surface area contributed by atoms with Crippen LogP contribution >= 0.6 is 0 Å². The van der Waals surface area contributed by atoms with Crippen molar-refractivity contribution in [3.05, 3.63) is 0 Å². The second-order valence-electron chi connectivity index (χ2n) is 3.86. The number of aliphatic carboxylic acids is 2. The minimum absolute atomic E-state index is 0.0257. The van der Waals surface area contributed by atoms with E-state index < -0.39 is 17.4 Å². The van der Waals surface area contributed by atoms with Crippen molar-refractivity contribution in [2.75, 3.05) is 0 Å². The van der Waals surface area contributed by atoms with Crippen LogP contribution in [0.15, 0.2) is 0 Å². The summed E-state index contributed by atoms with van der Waals surface area (Å²) >= 11 is 0. The van der Waals surface area contributed by atoms with E-state index in [0.29, 0.717) is 6.42 Å². The Bertz CT molecular complexity index is 208. The number of carbonyl (C=O) groups is 2. The molecule has 0 aliphatic carbocycles. The van der Waals surface area contributed by atoms with Crippen LogP contribution in [0.5, 0.6) is 0 Å². The standard InChI is InChI=1S/C9H16O4/c1-6(4-5-7(10)11)9(2,3)8(12)13/h6H,4-5H2,1-3H3,(H,10,11)(H,12,13). The zero-order valence-corrected chi connectivity index (χ0v) is 8.20. The van der Waals surface area contributed by atoms with E-state index in [4.69, 9.17) is 10.2 Å². The van der Waals surface area contributed by atoms with Gasteiger partial charge in [-0.2, -0.15) is 0 Å². The highest BCUT2D eigenvalue weighted by Crippen LogP contribution is 2.30. The summed E-state index contributed by atoms with van der Waals surface area (Å²) in [5.41, 5.74) is -0.852. The molecular formula is C9H16O4. The van der Waals surface area contributed by atoms with Crippen molar-refractivity contribution >= 4 is 11.9 Å². The van der Waals surface area contributed by atoms with Gasteiger partial charge in [0.2, 0.25) is 0 Å². The fourth-order valence-corrected chi connectivity index (χ4v) is 0.912. The van der Waals surface area contributed by atoms with Gasteiger partial charge in [0.1, 0.15) is 0 Å². The summed E-state index contributed by atoms with van der Waals surface area (Å²) in [7, 11) is 0. The average Bonchev–Trinajstić information content (AvgIpc) is 1.99. The normalized spacial score (nSPS) is 13.8. The maximum absolute atomic E-state index is 10.8. The van der Waals surface area contributed by atoms with Crippen LogP contribution in [0.1, 0.15) is 33.6 Å². The van der Waals surface area contributed by atoms with Gasteiger partial charge in [-0.3, -0.25) is 9.59 Å². The van der Waals surface area contributed by atoms with E-state index in [9.17, 15) is 9.59 Å². The first-order valence-electron chi connectivity index (χ1n) is 4.23. The van der Waals surface area contributed by atoms with Crippen LogP contribution < -0.4 is 0 Å². The van der Waals surface area contributed by atoms with E-state index in [2.05, 4.69) is 0 Å². The molecule has 0 heterocycles. The third-order valence-electron chi connectivity index (χ3n) is 2.57. The van der Waals surface area contributed by atoms with Crippen molar-refractivity contribution in [2.24, 2.45) is 11.3 Å². The number of rotatable bonds is 5. The molecular weight excluding hydrogens is 172 g/mol. The highest BCUT2D eigenvalue weighted by atomic mass is 16.4. The summed E-state index contributed by atoms with van der Waals surface area (Å²) in [6.07, 6.45) is 0.423. The van der Waals surface area contributed by atoms with E-state index in [1.807, 2.05) is 0 Å². The minimum Gasteiger partial charge on any atom is -0.481 e. The van der Waals surface area contributed by atoms with Crippen LogP contribution in [0, 0.1) is 11.3 Å². The lowest BCUT2D eigenvalue weighted by Gasteiger charge is -2.26. The van der Waals surface area contributed by atoms with Gasteiger partial charge in [0.25, 0.3) is 0 Å². The molecule has 1 atom stereocenters. The molecule has 0 rings (SSSR count). The van der Waals surface area contributed by atoms with Crippen molar-refractivity contribution in [1.29, 1.82) is 0 Å². The molecule has 4 nitrogen and oxygen atoms in total. The first-order chi connectivity index (χ1) is 5.78. The molecule has 0 amide bonds. The predicted molar refractivity (Wildman–Crippen MR) is 47.5 cm³/mol. The van der Waals surface area contributed by atoms with Gasteiger partial charge >= 0.3 is 11.9 Å². The van der Waals surface area contributed by atoms with Crippen LogP contribution in [0.25, 0.3) is 0 Å². The molecule has 0 aliphatic heterocycles. The highest BCUT2D eigenvalue weighted by molar-refractivity contribution is 5.74. The largest absolute Gasteiger partial charge is 0.481 e. The number of carboxylic acids is 2. The molecule has 0 saturated carbocycles. The second-order valence-corrected chi connectivity index (χ2v) is 3.86. The van der Waals surface area contributed by atoms with Crippen LogP contribution in [-0.4, -0.2) is 22.2 Å². The van der Waals surface area contributed by atoms with Crippen LogP contribution in [0.4, 0.5) is 0 Å². The number of hydrogen-bond acceptors (Lipinski definition) is 2. The number of carboxylic acid groups (broad SMARTS) is 2. The van der Waals surface area contributed by atoms with E-state index in [0.717, 1.165) is 0 Å². The first-order valence-corrected chi connectivity index (χ1v) is 4.23. The van der Waals surface area contributed by atoms with Gasteiger partial charge in [0, 0.05) is 6.42 Å². The lowest BCUT2D eigenvalue weighted by atomic mass is 9.78. The van der Waals surface area contributed by atoms with E-state index >= 15 is 0 Å². The Kier molecular flexibility index (Phi) is 3.91. The van der Waals surface area contributed by atoms with E-state index in [-0.39, 0.29) is 12.3 Å². The van der Waals surface area contributed by atoms with Gasteiger partial charge in [-0.05, 0) is 26.2 Å². The molecule has 1 unspecified atom stereocenters. The molecule has 0 aliphatic rings. The maximum atomic E-state index is 10.8. The van der Waals surface area contributed by atoms with Crippen molar-refractivity contribution in [2.45, 2.75) is 33.6 Å². The second kappa shape index (κ2) is 4.25. The SMILES string of the molecule is CC(CCC(=O)O)C(C)(C)C(=O)O. The van der Waals surface area contributed by atoms with Crippen LogP contribution in [0.2, 0.25) is 0 Å². The predicted octanol–water partition coefficient (Wildman–Crippen LogP) is 1.60. The van der Waals surface area contributed by atoms with Gasteiger partial charge in [-0.25, -0.2) is 0 Å². The number of hydrogen-bond donors (Lipinski definition) is 2. The van der Waals surface area contributed by atoms with Gasteiger partial charge in [0.15, 0.2) is 0 Å². The molecule has 0 aromatic carbocycles. The summed E-state index contributed by atoms with van der Waals surface area (Å²) in [6, 6.07) is 0. The fraction of sp³-hybridized carbons (Fsp3) is 0.778. The molecule has 0 radical (unpaired) electrons. The van der Waals surface area contributed by atoms with E-state index in [1.165, 1.54) is 0 Å². The molecule has 2 N–H and O–H groups in total. The molecule has 0 aromatic rings. The first kappa shape index (κ1) is 11.9. The van der Waals surface area contributed by atoms with Gasteiger partial charge < -0.3 is 10.2 Å². The zero-order chi connectivity index (χ0) is 10.6. The third kappa shape index (κ3) is 3.44. The monoisotopic (exact) mass is 188 g/mol. The Morgan fingerprint density at radius 1 is 1.31 bits per heavy atom. The van der Waals surface area contributed by atoms with E-state index in [1.54, 1.807) is 20.8 Å². The summed E-state index contributed by atoms with van der Waals surface area (Å²) in [6.45, 7) is 4.99. The topological polar surface area (TPSA) is 74.6 Å². The molecule has 0 saturated heterocycles. The lowest BCUT2D eigenvalue weighted by Crippen LogP contribution is -2.31. The van der Waals surface area contributed by atoms with Crippen molar-refractivity contribution in [1.82, 2.24) is 0 Å². The molecule has 76 valence electrons. The summed E-state index contributed by atoms with van der Waals surface area (Å²) in [5.74, 6) is -1.90. The van der Waals surface area contributed by atoms with Gasteiger partial charge in [0.05, 0.1) is 5.41 Å². The summed E-state index contributed by atoms with van der Waals surface area (Å²) in [4.78, 5) is 21.0. The van der Waals surface area contributed by atoms with Crippen LogP contribution in [0.3, 0.4) is 0 Å². The summed E-state index contributed by atoms with van der Waals surface area (Å²) in [5, 5.41) is 17.2. The van der Waals surface area contributed by atoms with Crippen LogP contribution in [-0.2, 0) is 9.59 Å². The molecule has 0 spiro atoms. The lowest BCUT2D eigenvalue weighted by molar-refractivity contribution is -0.150. The summed E-state index contributed by atoms with van der Waals surface area (Å²) < 4.78 is 0. The van der Waals surface area contributed by atoms with Crippen molar-refractivity contribution < 1.29 is 19.8 Å². The zero-order valence-electron chi connectivity index (χ0n) is 8.20. The minimum atomic E-state index is -0.884. The Morgan fingerprint density at radius 3 is 2.08 bits per heavy atom. The van der Waals surface area contributed by atoms with Crippen molar-refractivity contribution in [3.8, 4) is 0 Å². The van der Waals surface area contributed by atoms with Crippen molar-refractivity contribution in [3.63, 3.8) is 0 Å². The Labute approximate surface area is 77.6 Å². The highest BCUT2D eigenvalue weighted by Gasteiger charge is 2.33.